The lowest BCUT2D eigenvalue weighted by molar-refractivity contribution is 0.100. The Labute approximate surface area is 188 Å². The normalized spacial score (nSPS) is 11.4. The van der Waals surface area contributed by atoms with Crippen LogP contribution in [0, 0.1) is 0 Å². The molecule has 0 fully saturated rings. The summed E-state index contributed by atoms with van der Waals surface area (Å²) in [5.74, 6) is 0.0647. The van der Waals surface area contributed by atoms with E-state index in [-0.39, 0.29) is 23.1 Å². The second-order valence-corrected chi connectivity index (χ2v) is 7.69. The Balaban J connectivity index is 0.000000860. The number of aromatic nitrogens is 1. The molecule has 4 rings (SSSR count). The number of carbonyl (C=O) groups is 1. The van der Waals surface area contributed by atoms with Crippen LogP contribution in [0.5, 0.6) is 11.5 Å². The van der Waals surface area contributed by atoms with Crippen molar-refractivity contribution in [3.05, 3.63) is 72.4 Å². The Morgan fingerprint density at radius 2 is 1.59 bits per heavy atom. The molecule has 1 aliphatic heterocycles. The minimum absolute atomic E-state index is 0.0259. The molecule has 1 aliphatic rings. The van der Waals surface area contributed by atoms with Crippen molar-refractivity contribution in [3.8, 4) is 11.5 Å². The van der Waals surface area contributed by atoms with Gasteiger partial charge in [0.05, 0.1) is 4.90 Å². The number of rotatable bonds is 4. The van der Waals surface area contributed by atoms with E-state index in [0.717, 1.165) is 0 Å². The highest BCUT2D eigenvalue weighted by Gasteiger charge is 2.33. The summed E-state index contributed by atoms with van der Waals surface area (Å²) in [6.45, 7) is 8.04. The van der Waals surface area contributed by atoms with Gasteiger partial charge in [0.15, 0.2) is 17.3 Å². The summed E-state index contributed by atoms with van der Waals surface area (Å²) < 4.78 is 37.7. The molecule has 0 bridgehead atoms. The van der Waals surface area contributed by atoms with Crippen molar-refractivity contribution >= 4 is 27.4 Å². The molecule has 9 heteroatoms. The summed E-state index contributed by atoms with van der Waals surface area (Å²) in [6, 6.07) is 14.7. The van der Waals surface area contributed by atoms with Crippen LogP contribution in [0.3, 0.4) is 0 Å². The average Bonchev–Trinajstić information content (AvgIpc) is 3.30. The second kappa shape index (κ2) is 11.1. The van der Waals surface area contributed by atoms with Crippen LogP contribution in [0.2, 0.25) is 0 Å². The van der Waals surface area contributed by atoms with Gasteiger partial charge in [-0.1, -0.05) is 33.8 Å². The number of nitrogen functional groups attached to an aromatic ring is 1. The third-order valence-corrected chi connectivity index (χ3v) is 5.78. The molecule has 1 amide bonds. The first kappa shape index (κ1) is 24.7. The molecular formula is C23H27N3O5S. The van der Waals surface area contributed by atoms with Gasteiger partial charge in [-0.3, -0.25) is 4.79 Å². The summed E-state index contributed by atoms with van der Waals surface area (Å²) in [5.41, 5.74) is 6.17. The van der Waals surface area contributed by atoms with Crippen molar-refractivity contribution in [3.63, 3.8) is 0 Å². The van der Waals surface area contributed by atoms with Crippen LogP contribution in [-0.4, -0.2) is 26.1 Å². The number of hydrogen-bond donors (Lipinski definition) is 1. The standard InChI is InChI=1S/C19H15N3O5S.2C2H6/c20-14-5-7-15(8-6-14)28(24,25)22(18-3-1-2-10-21-18)19(23)13-4-9-16-17(11-13)27-12-26-16;2*1-2/h1-11H,12,20H2;2*1-2H3. The molecule has 2 heterocycles. The number of hydrogen-bond acceptors (Lipinski definition) is 7. The molecule has 2 aromatic carbocycles. The van der Waals surface area contributed by atoms with Crippen LogP contribution in [-0.2, 0) is 10.0 Å². The van der Waals surface area contributed by atoms with Gasteiger partial charge in [-0.05, 0) is 54.6 Å². The van der Waals surface area contributed by atoms with Crippen LogP contribution in [0.4, 0.5) is 11.5 Å². The third-order valence-electron chi connectivity index (χ3n) is 4.08. The summed E-state index contributed by atoms with van der Waals surface area (Å²) in [6.07, 6.45) is 1.41. The largest absolute Gasteiger partial charge is 0.454 e. The average molecular weight is 458 g/mol. The number of sulfonamides is 1. The number of anilines is 2. The zero-order valence-corrected chi connectivity index (χ0v) is 19.3. The van der Waals surface area contributed by atoms with E-state index < -0.39 is 15.9 Å². The number of fused-ring (bicyclic) bond motifs is 1. The van der Waals surface area contributed by atoms with Gasteiger partial charge in [0.25, 0.3) is 15.9 Å². The van der Waals surface area contributed by atoms with E-state index in [4.69, 9.17) is 15.2 Å². The molecule has 170 valence electrons. The van der Waals surface area contributed by atoms with Crippen LogP contribution in [0.15, 0.2) is 71.8 Å². The van der Waals surface area contributed by atoms with Gasteiger partial charge in [-0.25, -0.2) is 13.4 Å². The lowest BCUT2D eigenvalue weighted by Crippen LogP contribution is -2.37. The van der Waals surface area contributed by atoms with Crippen molar-refractivity contribution in [2.45, 2.75) is 32.6 Å². The first-order valence-corrected chi connectivity index (χ1v) is 11.7. The van der Waals surface area contributed by atoms with Gasteiger partial charge < -0.3 is 15.2 Å². The monoisotopic (exact) mass is 457 g/mol. The molecule has 8 nitrogen and oxygen atoms in total. The Kier molecular flexibility index (Phi) is 8.60. The Hall–Kier alpha value is -3.59. The minimum Gasteiger partial charge on any atom is -0.454 e. The quantitative estimate of drug-likeness (QED) is 0.575. The maximum Gasteiger partial charge on any atom is 0.273 e. The van der Waals surface area contributed by atoms with Crippen LogP contribution >= 0.6 is 0 Å². The number of pyridine rings is 1. The first-order valence-electron chi connectivity index (χ1n) is 10.2. The smallest absolute Gasteiger partial charge is 0.273 e. The number of nitrogens with zero attached hydrogens (tertiary/aromatic N) is 2. The maximum absolute atomic E-state index is 13.3. The molecule has 0 unspecified atom stereocenters. The molecular weight excluding hydrogens is 430 g/mol. The Morgan fingerprint density at radius 1 is 0.938 bits per heavy atom. The van der Waals surface area contributed by atoms with Crippen molar-refractivity contribution in [2.24, 2.45) is 0 Å². The van der Waals surface area contributed by atoms with E-state index in [9.17, 15) is 13.2 Å². The van der Waals surface area contributed by atoms with Crippen molar-refractivity contribution in [1.82, 2.24) is 4.98 Å². The lowest BCUT2D eigenvalue weighted by atomic mass is 10.2. The number of benzene rings is 2. The van der Waals surface area contributed by atoms with Crippen molar-refractivity contribution < 1.29 is 22.7 Å². The summed E-state index contributed by atoms with van der Waals surface area (Å²) in [5, 5.41) is 0. The van der Waals surface area contributed by atoms with E-state index in [2.05, 4.69) is 4.98 Å². The van der Waals surface area contributed by atoms with Gasteiger partial charge >= 0.3 is 0 Å². The maximum atomic E-state index is 13.3. The topological polar surface area (TPSA) is 112 Å². The molecule has 0 saturated heterocycles. The summed E-state index contributed by atoms with van der Waals surface area (Å²) >= 11 is 0. The highest BCUT2D eigenvalue weighted by molar-refractivity contribution is 7.93. The summed E-state index contributed by atoms with van der Waals surface area (Å²) in [7, 11) is -4.24. The van der Waals surface area contributed by atoms with Gasteiger partial charge in [0.1, 0.15) is 0 Å². The molecule has 2 N–H and O–H groups in total. The number of ether oxygens (including phenoxy) is 2. The Morgan fingerprint density at radius 3 is 2.22 bits per heavy atom. The van der Waals surface area contributed by atoms with Crippen LogP contribution < -0.4 is 19.5 Å². The van der Waals surface area contributed by atoms with E-state index in [1.807, 2.05) is 27.7 Å². The summed E-state index contributed by atoms with van der Waals surface area (Å²) in [4.78, 5) is 17.2. The molecule has 32 heavy (non-hydrogen) atoms. The molecule has 1 aromatic heterocycles. The van der Waals surface area contributed by atoms with E-state index in [0.29, 0.717) is 21.5 Å². The van der Waals surface area contributed by atoms with Gasteiger partial charge in [-0.15, -0.1) is 0 Å². The fraction of sp³-hybridized carbons (Fsp3) is 0.217. The fourth-order valence-corrected chi connectivity index (χ4v) is 4.07. The van der Waals surface area contributed by atoms with Crippen LogP contribution in [0.25, 0.3) is 0 Å². The first-order chi connectivity index (χ1) is 15.5. The van der Waals surface area contributed by atoms with Gasteiger partial charge in [-0.2, -0.15) is 4.31 Å². The van der Waals surface area contributed by atoms with E-state index >= 15 is 0 Å². The fourth-order valence-electron chi connectivity index (χ4n) is 2.70. The zero-order chi connectivity index (χ0) is 23.7. The predicted octanol–water partition coefficient (Wildman–Crippen LogP) is 4.48. The number of amides is 1. The van der Waals surface area contributed by atoms with Crippen molar-refractivity contribution in [1.29, 1.82) is 0 Å². The zero-order valence-electron chi connectivity index (χ0n) is 18.5. The highest BCUT2D eigenvalue weighted by Crippen LogP contribution is 2.34. The Bertz CT molecular complexity index is 1130. The molecule has 0 spiro atoms. The molecule has 0 aliphatic carbocycles. The second-order valence-electron chi connectivity index (χ2n) is 5.90. The van der Waals surface area contributed by atoms with E-state index in [1.165, 1.54) is 48.7 Å². The van der Waals surface area contributed by atoms with Gasteiger partial charge in [0, 0.05) is 17.4 Å². The molecule has 0 saturated carbocycles. The van der Waals surface area contributed by atoms with E-state index in [1.54, 1.807) is 18.2 Å². The van der Waals surface area contributed by atoms with Crippen LogP contribution in [0.1, 0.15) is 38.1 Å². The predicted molar refractivity (Wildman–Crippen MR) is 124 cm³/mol. The van der Waals surface area contributed by atoms with Gasteiger partial charge in [0.2, 0.25) is 6.79 Å². The molecule has 0 atom stereocenters. The molecule has 3 aromatic rings. The SMILES string of the molecule is CC.CC.Nc1ccc(S(=O)(=O)N(C(=O)c2ccc3c(c2)OCO3)c2ccccn2)cc1. The number of carbonyl (C=O) groups excluding carboxylic acids is 1. The number of nitrogens with two attached hydrogens (primary N) is 1. The van der Waals surface area contributed by atoms with Crippen molar-refractivity contribution in [2.75, 3.05) is 16.8 Å². The third kappa shape index (κ3) is 5.17. The molecule has 0 radical (unpaired) electrons. The minimum atomic E-state index is -4.24. The lowest BCUT2D eigenvalue weighted by Gasteiger charge is -2.21. The highest BCUT2D eigenvalue weighted by atomic mass is 32.2.